The number of carbonyl (C=O) groups excluding carboxylic acids is 1. The maximum Gasteiger partial charge on any atom is 0.323 e. The van der Waals surface area contributed by atoms with Crippen LogP contribution in [0.3, 0.4) is 0 Å². The third kappa shape index (κ3) is 3.09. The molecule has 1 aliphatic rings. The fourth-order valence-electron chi connectivity index (χ4n) is 2.40. The summed E-state index contributed by atoms with van der Waals surface area (Å²) in [4.78, 5) is 13.6. The first-order valence-corrected chi connectivity index (χ1v) is 6.33. The minimum atomic E-state index is -0.545. The molecule has 4 nitrogen and oxygen atoms in total. The second kappa shape index (κ2) is 5.98. The lowest BCUT2D eigenvalue weighted by molar-refractivity contribution is -0.142. The molecule has 0 aliphatic carbocycles. The first-order valence-electron chi connectivity index (χ1n) is 6.33. The predicted molar refractivity (Wildman–Crippen MR) is 70.3 cm³/mol. The smallest absolute Gasteiger partial charge is 0.323 e. The molecular weight excluding hydrogens is 228 g/mol. The highest BCUT2D eigenvalue weighted by molar-refractivity contribution is 5.75. The van der Waals surface area contributed by atoms with E-state index in [9.17, 15) is 4.79 Å². The van der Waals surface area contributed by atoms with E-state index in [0.717, 1.165) is 25.9 Å². The van der Waals surface area contributed by atoms with Gasteiger partial charge in [-0.25, -0.2) is 0 Å². The summed E-state index contributed by atoms with van der Waals surface area (Å²) >= 11 is 0. The number of nitrogens with zero attached hydrogens (tertiary/aromatic N) is 1. The zero-order chi connectivity index (χ0) is 13.0. The van der Waals surface area contributed by atoms with Crippen molar-refractivity contribution >= 4 is 5.97 Å². The number of hydrogen-bond acceptors (Lipinski definition) is 4. The second-order valence-electron chi connectivity index (χ2n) is 4.70. The minimum absolute atomic E-state index is 0.336. The third-order valence-corrected chi connectivity index (χ3v) is 3.47. The summed E-state index contributed by atoms with van der Waals surface area (Å²) in [7, 11) is 1.38. The molecule has 1 aliphatic heterocycles. The molecule has 2 N–H and O–H groups in total. The Balaban J connectivity index is 1.94. The van der Waals surface area contributed by atoms with Crippen LogP contribution in [0.5, 0.6) is 0 Å². The molecule has 1 unspecified atom stereocenters. The molecule has 0 amide bonds. The van der Waals surface area contributed by atoms with Crippen LogP contribution in [0.25, 0.3) is 0 Å². The van der Waals surface area contributed by atoms with E-state index in [1.807, 2.05) is 0 Å². The summed E-state index contributed by atoms with van der Waals surface area (Å²) in [6.45, 7) is 2.46. The van der Waals surface area contributed by atoms with Crippen molar-refractivity contribution in [1.82, 2.24) is 4.90 Å². The van der Waals surface area contributed by atoms with Gasteiger partial charge in [-0.1, -0.05) is 24.3 Å². The van der Waals surface area contributed by atoms with E-state index in [0.29, 0.717) is 6.54 Å². The Kier molecular flexibility index (Phi) is 4.33. The zero-order valence-electron chi connectivity index (χ0n) is 10.8. The SMILES string of the molecule is COC(=O)C(N)CN1CCc2ccccc2CC1. The highest BCUT2D eigenvalue weighted by Gasteiger charge is 2.20. The van der Waals surface area contributed by atoms with E-state index in [4.69, 9.17) is 5.73 Å². The van der Waals surface area contributed by atoms with Crippen LogP contribution in [0.2, 0.25) is 0 Å². The summed E-state index contributed by atoms with van der Waals surface area (Å²) in [5.41, 5.74) is 8.62. The molecule has 0 spiro atoms. The Morgan fingerprint density at radius 3 is 2.39 bits per heavy atom. The van der Waals surface area contributed by atoms with E-state index in [1.54, 1.807) is 0 Å². The molecule has 0 saturated carbocycles. The van der Waals surface area contributed by atoms with Gasteiger partial charge in [-0.3, -0.25) is 4.79 Å². The quantitative estimate of drug-likeness (QED) is 0.795. The van der Waals surface area contributed by atoms with Crippen molar-refractivity contribution in [2.24, 2.45) is 5.73 Å². The van der Waals surface area contributed by atoms with E-state index < -0.39 is 6.04 Å². The van der Waals surface area contributed by atoms with Crippen LogP contribution in [0.15, 0.2) is 24.3 Å². The molecule has 1 atom stereocenters. The largest absolute Gasteiger partial charge is 0.468 e. The van der Waals surface area contributed by atoms with Gasteiger partial charge in [0.25, 0.3) is 0 Å². The van der Waals surface area contributed by atoms with Crippen LogP contribution in [0.1, 0.15) is 11.1 Å². The van der Waals surface area contributed by atoms with Gasteiger partial charge in [-0.05, 0) is 24.0 Å². The van der Waals surface area contributed by atoms with Crippen molar-refractivity contribution in [3.05, 3.63) is 35.4 Å². The van der Waals surface area contributed by atoms with Crippen LogP contribution in [0.4, 0.5) is 0 Å². The number of hydrogen-bond donors (Lipinski definition) is 1. The van der Waals surface area contributed by atoms with Crippen molar-refractivity contribution in [3.63, 3.8) is 0 Å². The monoisotopic (exact) mass is 248 g/mol. The van der Waals surface area contributed by atoms with Gasteiger partial charge < -0.3 is 15.4 Å². The van der Waals surface area contributed by atoms with E-state index >= 15 is 0 Å². The Hall–Kier alpha value is -1.39. The lowest BCUT2D eigenvalue weighted by Crippen LogP contribution is -2.44. The van der Waals surface area contributed by atoms with Crippen LogP contribution in [0, 0.1) is 0 Å². The van der Waals surface area contributed by atoms with Crippen LogP contribution >= 0.6 is 0 Å². The van der Waals surface area contributed by atoms with Gasteiger partial charge in [-0.15, -0.1) is 0 Å². The van der Waals surface area contributed by atoms with Gasteiger partial charge in [0.15, 0.2) is 0 Å². The highest BCUT2D eigenvalue weighted by Crippen LogP contribution is 2.15. The van der Waals surface area contributed by atoms with Gasteiger partial charge in [0.05, 0.1) is 7.11 Å². The van der Waals surface area contributed by atoms with Crippen molar-refractivity contribution in [1.29, 1.82) is 0 Å². The van der Waals surface area contributed by atoms with Crippen LogP contribution in [-0.2, 0) is 22.4 Å². The lowest BCUT2D eigenvalue weighted by atomic mass is 10.0. The predicted octanol–water partition coefficient (Wildman–Crippen LogP) is 0.588. The minimum Gasteiger partial charge on any atom is -0.468 e. The van der Waals surface area contributed by atoms with E-state index in [-0.39, 0.29) is 5.97 Å². The molecule has 1 aromatic carbocycles. The molecule has 0 bridgehead atoms. The molecule has 2 rings (SSSR count). The van der Waals surface area contributed by atoms with E-state index in [1.165, 1.54) is 18.2 Å². The molecule has 0 radical (unpaired) electrons. The van der Waals surface area contributed by atoms with E-state index in [2.05, 4.69) is 33.9 Å². The highest BCUT2D eigenvalue weighted by atomic mass is 16.5. The van der Waals surface area contributed by atoms with Crippen molar-refractivity contribution < 1.29 is 9.53 Å². The normalized spacial score (nSPS) is 17.7. The Labute approximate surface area is 108 Å². The molecule has 0 aromatic heterocycles. The molecular formula is C14H20N2O2. The summed E-state index contributed by atoms with van der Waals surface area (Å²) < 4.78 is 4.66. The van der Waals surface area contributed by atoms with Gasteiger partial charge in [0.1, 0.15) is 6.04 Å². The lowest BCUT2D eigenvalue weighted by Gasteiger charge is -2.22. The number of nitrogens with two attached hydrogens (primary N) is 1. The molecule has 4 heteroatoms. The first kappa shape index (κ1) is 13.1. The molecule has 1 aromatic rings. The topological polar surface area (TPSA) is 55.6 Å². The number of benzene rings is 1. The van der Waals surface area contributed by atoms with Gasteiger partial charge in [0.2, 0.25) is 0 Å². The van der Waals surface area contributed by atoms with Gasteiger partial charge in [-0.2, -0.15) is 0 Å². The fraction of sp³-hybridized carbons (Fsp3) is 0.500. The van der Waals surface area contributed by atoms with Crippen LogP contribution in [-0.4, -0.2) is 43.7 Å². The van der Waals surface area contributed by atoms with Crippen molar-refractivity contribution in [2.45, 2.75) is 18.9 Å². The van der Waals surface area contributed by atoms with Crippen molar-refractivity contribution in [2.75, 3.05) is 26.7 Å². The molecule has 1 heterocycles. The number of methoxy groups -OCH3 is 1. The number of fused-ring (bicyclic) bond motifs is 1. The first-order chi connectivity index (χ1) is 8.70. The molecule has 98 valence electrons. The second-order valence-corrected chi connectivity index (χ2v) is 4.70. The summed E-state index contributed by atoms with van der Waals surface area (Å²) in [5.74, 6) is -0.336. The van der Waals surface area contributed by atoms with Crippen LogP contribution < -0.4 is 5.73 Å². The number of esters is 1. The third-order valence-electron chi connectivity index (χ3n) is 3.47. The van der Waals surface area contributed by atoms with Gasteiger partial charge in [0, 0.05) is 19.6 Å². The molecule has 0 fully saturated rings. The Morgan fingerprint density at radius 1 is 1.33 bits per heavy atom. The average molecular weight is 248 g/mol. The molecule has 18 heavy (non-hydrogen) atoms. The maximum atomic E-state index is 11.3. The number of carbonyl (C=O) groups is 1. The Bertz CT molecular complexity index is 393. The standard InChI is InChI=1S/C14H20N2O2/c1-18-14(17)13(15)10-16-8-6-11-4-2-3-5-12(11)7-9-16/h2-5,13H,6-10,15H2,1H3. The number of rotatable bonds is 3. The average Bonchev–Trinajstić information content (AvgIpc) is 2.61. The summed E-state index contributed by atoms with van der Waals surface area (Å²) in [6.07, 6.45) is 2.04. The fourth-order valence-corrected chi connectivity index (χ4v) is 2.40. The zero-order valence-corrected chi connectivity index (χ0v) is 10.8. The number of ether oxygens (including phenoxy) is 1. The molecule has 0 saturated heterocycles. The maximum absolute atomic E-state index is 11.3. The van der Waals surface area contributed by atoms with Gasteiger partial charge >= 0.3 is 5.97 Å². The summed E-state index contributed by atoms with van der Waals surface area (Å²) in [6, 6.07) is 7.97. The Morgan fingerprint density at radius 2 is 1.89 bits per heavy atom. The summed E-state index contributed by atoms with van der Waals surface area (Å²) in [5, 5.41) is 0. The van der Waals surface area contributed by atoms with Crippen molar-refractivity contribution in [3.8, 4) is 0 Å².